The fourth-order valence-corrected chi connectivity index (χ4v) is 3.51. The summed E-state index contributed by atoms with van der Waals surface area (Å²) in [5.74, 6) is -0.446. The van der Waals surface area contributed by atoms with E-state index >= 15 is 0 Å². The number of benzene rings is 2. The Kier molecular flexibility index (Phi) is 5.91. The molecule has 146 valence electrons. The van der Waals surface area contributed by atoms with E-state index in [4.69, 9.17) is 11.6 Å². The quantitative estimate of drug-likeness (QED) is 0.434. The predicted octanol–water partition coefficient (Wildman–Crippen LogP) is 5.91. The Balaban J connectivity index is 1.93. The Morgan fingerprint density at radius 1 is 1.07 bits per heavy atom. The van der Waals surface area contributed by atoms with Gasteiger partial charge in [-0.05, 0) is 81.3 Å². The molecule has 0 bridgehead atoms. The fourth-order valence-electron chi connectivity index (χ4n) is 3.29. The molecule has 3 aromatic rings. The average molecular weight is 404 g/mol. The lowest BCUT2D eigenvalue weighted by atomic mass is 10.1. The van der Waals surface area contributed by atoms with Crippen LogP contribution in [0.25, 0.3) is 11.8 Å². The summed E-state index contributed by atoms with van der Waals surface area (Å²) in [6.07, 6.45) is 1.63. The molecule has 0 atom stereocenters. The molecule has 5 heteroatoms. The monoisotopic (exact) mass is 403 g/mol. The molecule has 0 unspecified atom stereocenters. The van der Waals surface area contributed by atoms with Gasteiger partial charge in [-0.2, -0.15) is 5.26 Å². The van der Waals surface area contributed by atoms with Crippen LogP contribution in [0.4, 0.5) is 5.69 Å². The van der Waals surface area contributed by atoms with Crippen molar-refractivity contribution in [3.63, 3.8) is 0 Å². The predicted molar refractivity (Wildman–Crippen MR) is 118 cm³/mol. The van der Waals surface area contributed by atoms with Crippen LogP contribution in [0.2, 0.25) is 5.02 Å². The summed E-state index contributed by atoms with van der Waals surface area (Å²) in [4.78, 5) is 12.7. The topological polar surface area (TPSA) is 57.8 Å². The first kappa shape index (κ1) is 20.4. The number of hydrogen-bond acceptors (Lipinski definition) is 2. The second kappa shape index (κ2) is 8.38. The molecule has 1 amide bonds. The molecule has 0 aliphatic heterocycles. The fraction of sp³-hybridized carbons (Fsp3) is 0.167. The maximum Gasteiger partial charge on any atom is 0.266 e. The van der Waals surface area contributed by atoms with Gasteiger partial charge in [-0.15, -0.1) is 0 Å². The molecule has 0 saturated heterocycles. The van der Waals surface area contributed by atoms with Gasteiger partial charge in [0.15, 0.2) is 0 Å². The first-order chi connectivity index (χ1) is 13.8. The van der Waals surface area contributed by atoms with Crippen molar-refractivity contribution >= 4 is 29.3 Å². The summed E-state index contributed by atoms with van der Waals surface area (Å²) in [6.45, 7) is 7.89. The minimum Gasteiger partial charge on any atom is -0.321 e. The van der Waals surface area contributed by atoms with Crippen LogP contribution in [0, 0.1) is 39.0 Å². The lowest BCUT2D eigenvalue weighted by molar-refractivity contribution is -0.112. The smallest absolute Gasteiger partial charge is 0.266 e. The highest BCUT2D eigenvalue weighted by atomic mass is 35.5. The van der Waals surface area contributed by atoms with Crippen LogP contribution in [0.3, 0.4) is 0 Å². The van der Waals surface area contributed by atoms with E-state index in [9.17, 15) is 10.1 Å². The van der Waals surface area contributed by atoms with Gasteiger partial charge in [-0.1, -0.05) is 29.3 Å². The molecule has 3 rings (SSSR count). The number of nitriles is 1. The van der Waals surface area contributed by atoms with Crippen LogP contribution in [-0.2, 0) is 4.79 Å². The van der Waals surface area contributed by atoms with Crippen molar-refractivity contribution in [3.05, 3.63) is 87.2 Å². The minimum atomic E-state index is -0.446. The van der Waals surface area contributed by atoms with E-state index in [-0.39, 0.29) is 5.57 Å². The molecule has 0 spiro atoms. The molecular formula is C24H22ClN3O. The average Bonchev–Trinajstić information content (AvgIpc) is 2.96. The summed E-state index contributed by atoms with van der Waals surface area (Å²) in [5, 5.41) is 12.9. The van der Waals surface area contributed by atoms with E-state index < -0.39 is 5.91 Å². The Hall–Kier alpha value is -3.29. The third-order valence-corrected chi connectivity index (χ3v) is 5.10. The Labute approximate surface area is 176 Å². The lowest BCUT2D eigenvalue weighted by Crippen LogP contribution is -2.14. The van der Waals surface area contributed by atoms with Gasteiger partial charge < -0.3 is 9.88 Å². The Morgan fingerprint density at radius 3 is 2.38 bits per heavy atom. The second-order valence-electron chi connectivity index (χ2n) is 7.08. The minimum absolute atomic E-state index is 0.0449. The molecule has 1 aromatic heterocycles. The molecule has 1 heterocycles. The van der Waals surface area contributed by atoms with E-state index in [1.165, 1.54) is 5.56 Å². The second-order valence-corrected chi connectivity index (χ2v) is 7.52. The molecule has 0 radical (unpaired) electrons. The zero-order valence-electron chi connectivity index (χ0n) is 16.9. The van der Waals surface area contributed by atoms with Crippen LogP contribution in [0.15, 0.2) is 54.1 Å². The number of rotatable bonds is 4. The van der Waals surface area contributed by atoms with Gasteiger partial charge in [0, 0.05) is 27.8 Å². The van der Waals surface area contributed by atoms with Crippen LogP contribution >= 0.6 is 11.6 Å². The highest BCUT2D eigenvalue weighted by Crippen LogP contribution is 2.24. The molecule has 0 aliphatic carbocycles. The summed E-state index contributed by atoms with van der Waals surface area (Å²) >= 11 is 5.97. The van der Waals surface area contributed by atoms with Crippen LogP contribution in [0.5, 0.6) is 0 Å². The third kappa shape index (κ3) is 4.42. The first-order valence-corrected chi connectivity index (χ1v) is 9.63. The van der Waals surface area contributed by atoms with E-state index in [1.54, 1.807) is 24.3 Å². The van der Waals surface area contributed by atoms with Crippen molar-refractivity contribution in [1.82, 2.24) is 4.57 Å². The number of aryl methyl sites for hydroxylation is 3. The summed E-state index contributed by atoms with van der Waals surface area (Å²) < 4.78 is 2.11. The summed E-state index contributed by atoms with van der Waals surface area (Å²) in [7, 11) is 0. The number of aromatic nitrogens is 1. The maximum absolute atomic E-state index is 12.7. The standard InChI is InChI=1S/C24H22ClN3O/c1-15-5-8-22(9-6-15)28-17(3)12-19(18(28)4)13-20(14-26)24(29)27-23-10-7-21(25)11-16(23)2/h5-13H,1-4H3,(H,27,29)/b20-13+. The van der Waals surface area contributed by atoms with Gasteiger partial charge in [0.25, 0.3) is 5.91 Å². The van der Waals surface area contributed by atoms with Gasteiger partial charge in [0.1, 0.15) is 11.6 Å². The van der Waals surface area contributed by atoms with Crippen molar-refractivity contribution < 1.29 is 4.79 Å². The number of hydrogen-bond donors (Lipinski definition) is 1. The highest BCUT2D eigenvalue weighted by Gasteiger charge is 2.14. The van der Waals surface area contributed by atoms with Crippen molar-refractivity contribution in [2.75, 3.05) is 5.32 Å². The van der Waals surface area contributed by atoms with Crippen molar-refractivity contribution in [2.45, 2.75) is 27.7 Å². The number of anilines is 1. The molecule has 4 nitrogen and oxygen atoms in total. The first-order valence-electron chi connectivity index (χ1n) is 9.25. The third-order valence-electron chi connectivity index (χ3n) is 4.86. The van der Waals surface area contributed by atoms with Gasteiger partial charge in [0.05, 0.1) is 0 Å². The van der Waals surface area contributed by atoms with Crippen molar-refractivity contribution in [2.24, 2.45) is 0 Å². The van der Waals surface area contributed by atoms with Crippen molar-refractivity contribution in [3.8, 4) is 11.8 Å². The van der Waals surface area contributed by atoms with Crippen LogP contribution < -0.4 is 5.32 Å². The van der Waals surface area contributed by atoms with Gasteiger partial charge in [-0.25, -0.2) is 0 Å². The summed E-state index contributed by atoms with van der Waals surface area (Å²) in [6, 6.07) is 17.4. The Morgan fingerprint density at radius 2 is 1.76 bits per heavy atom. The van der Waals surface area contributed by atoms with Gasteiger partial charge >= 0.3 is 0 Å². The van der Waals surface area contributed by atoms with E-state index in [1.807, 2.05) is 39.8 Å². The normalized spacial score (nSPS) is 11.2. The SMILES string of the molecule is Cc1ccc(-n2c(C)cc(/C=C(\C#N)C(=O)Nc3ccc(Cl)cc3C)c2C)cc1. The molecule has 0 fully saturated rings. The van der Waals surface area contributed by atoms with Crippen LogP contribution in [0.1, 0.15) is 28.1 Å². The van der Waals surface area contributed by atoms with Gasteiger partial charge in [-0.3, -0.25) is 4.79 Å². The number of carbonyl (C=O) groups excluding carboxylic acids is 1. The van der Waals surface area contributed by atoms with Crippen LogP contribution in [-0.4, -0.2) is 10.5 Å². The zero-order valence-corrected chi connectivity index (χ0v) is 17.6. The van der Waals surface area contributed by atoms with E-state index in [0.717, 1.165) is 28.2 Å². The number of nitrogens with one attached hydrogen (secondary N) is 1. The zero-order chi connectivity index (χ0) is 21.1. The molecule has 1 N–H and O–H groups in total. The van der Waals surface area contributed by atoms with Gasteiger partial charge in [0.2, 0.25) is 0 Å². The molecule has 0 saturated carbocycles. The van der Waals surface area contributed by atoms with E-state index in [0.29, 0.717) is 10.7 Å². The maximum atomic E-state index is 12.7. The molecule has 0 aliphatic rings. The molecule has 29 heavy (non-hydrogen) atoms. The summed E-state index contributed by atoms with van der Waals surface area (Å²) in [5.41, 5.74) is 6.58. The lowest BCUT2D eigenvalue weighted by Gasteiger charge is -2.10. The molecule has 2 aromatic carbocycles. The number of amides is 1. The molecular weight excluding hydrogens is 382 g/mol. The van der Waals surface area contributed by atoms with E-state index in [2.05, 4.69) is 34.1 Å². The number of nitrogens with zero attached hydrogens (tertiary/aromatic N) is 2. The van der Waals surface area contributed by atoms with Crippen molar-refractivity contribution in [1.29, 1.82) is 5.26 Å². The largest absolute Gasteiger partial charge is 0.321 e. The Bertz CT molecular complexity index is 1150. The number of carbonyl (C=O) groups is 1. The highest BCUT2D eigenvalue weighted by molar-refractivity contribution is 6.30. The number of halogens is 1.